The van der Waals surface area contributed by atoms with Gasteiger partial charge in [-0.3, -0.25) is 4.79 Å². The zero-order valence-corrected chi connectivity index (χ0v) is 12.7. The van der Waals surface area contributed by atoms with Gasteiger partial charge in [-0.1, -0.05) is 77.6 Å². The van der Waals surface area contributed by atoms with Crippen molar-refractivity contribution in [2.45, 2.75) is 84.0 Å². The maximum atomic E-state index is 10.4. The smallest absolute Gasteiger partial charge is 0.313 e. The molecule has 2 nitrogen and oxygen atoms in total. The first kappa shape index (κ1) is 17.8. The molecule has 0 aliphatic carbocycles. The zero-order chi connectivity index (χ0) is 13.5. The Morgan fingerprint density at radius 2 is 1.17 bits per heavy atom. The Kier molecular flexibility index (Phi) is 14.6. The average Bonchev–Trinajstić information content (AvgIpc) is 2.34. The predicted octanol–water partition coefficient (Wildman–Crippen LogP) is 5.64. The molecule has 3 heteroatoms. The van der Waals surface area contributed by atoms with Crippen LogP contribution in [0.2, 0.25) is 0 Å². The highest BCUT2D eigenvalue weighted by Gasteiger charge is 1.94. The van der Waals surface area contributed by atoms with Gasteiger partial charge in [0.05, 0.1) is 0 Å². The summed E-state index contributed by atoms with van der Waals surface area (Å²) < 4.78 is 0. The van der Waals surface area contributed by atoms with E-state index in [-0.39, 0.29) is 0 Å². The lowest BCUT2D eigenvalue weighted by molar-refractivity contribution is 0.259. The first-order valence-electron chi connectivity index (χ1n) is 7.70. The van der Waals surface area contributed by atoms with Crippen molar-refractivity contribution >= 4 is 17.0 Å². The fourth-order valence-electron chi connectivity index (χ4n) is 2.15. The van der Waals surface area contributed by atoms with Crippen LogP contribution in [0, 0.1) is 0 Å². The molecule has 0 unspecified atom stereocenters. The van der Waals surface area contributed by atoms with Crippen LogP contribution in [0.5, 0.6) is 0 Å². The van der Waals surface area contributed by atoms with Crippen molar-refractivity contribution in [3.63, 3.8) is 0 Å². The molecule has 0 aromatic carbocycles. The molecule has 0 atom stereocenters. The van der Waals surface area contributed by atoms with E-state index in [1.165, 1.54) is 70.6 Å². The Morgan fingerprint density at radius 1 is 0.778 bits per heavy atom. The number of rotatable bonds is 13. The molecule has 0 spiro atoms. The number of amides is 1. The maximum Gasteiger partial charge on any atom is 0.313 e. The number of nitrogens with one attached hydrogen (secondary N) is 1. The van der Waals surface area contributed by atoms with E-state index in [1.807, 2.05) is 0 Å². The van der Waals surface area contributed by atoms with Crippen LogP contribution >= 0.6 is 11.6 Å². The van der Waals surface area contributed by atoms with Crippen LogP contribution in [-0.4, -0.2) is 11.9 Å². The normalized spacial score (nSPS) is 10.6. The van der Waals surface area contributed by atoms with Crippen molar-refractivity contribution < 1.29 is 4.79 Å². The molecule has 0 aliphatic rings. The lowest BCUT2D eigenvalue weighted by Crippen LogP contribution is -2.17. The summed E-state index contributed by atoms with van der Waals surface area (Å²) in [5.74, 6) is 0. The van der Waals surface area contributed by atoms with Crippen LogP contribution in [0.1, 0.15) is 84.0 Å². The van der Waals surface area contributed by atoms with Crippen molar-refractivity contribution in [2.75, 3.05) is 6.54 Å². The van der Waals surface area contributed by atoms with Crippen LogP contribution in [0.3, 0.4) is 0 Å². The van der Waals surface area contributed by atoms with Gasteiger partial charge < -0.3 is 5.32 Å². The second-order valence-electron chi connectivity index (χ2n) is 5.09. The molecular formula is C15H30ClNO. The lowest BCUT2D eigenvalue weighted by Gasteiger charge is -2.03. The van der Waals surface area contributed by atoms with Gasteiger partial charge in [-0.05, 0) is 18.0 Å². The minimum Gasteiger partial charge on any atom is -0.343 e. The summed E-state index contributed by atoms with van der Waals surface area (Å²) in [6.45, 7) is 2.98. The number of carbonyl (C=O) groups excluding carboxylic acids is 1. The quantitative estimate of drug-likeness (QED) is 0.263. The summed E-state index contributed by atoms with van der Waals surface area (Å²) in [6, 6.07) is 0. The van der Waals surface area contributed by atoms with Gasteiger partial charge >= 0.3 is 5.37 Å². The Balaban J connectivity index is 2.92. The van der Waals surface area contributed by atoms with E-state index in [0.29, 0.717) is 0 Å². The largest absolute Gasteiger partial charge is 0.343 e. The molecule has 1 amide bonds. The van der Waals surface area contributed by atoms with Crippen LogP contribution < -0.4 is 5.32 Å². The summed E-state index contributed by atoms with van der Waals surface area (Å²) in [5, 5.41) is 2.18. The highest BCUT2D eigenvalue weighted by Crippen LogP contribution is 2.11. The van der Waals surface area contributed by atoms with E-state index in [1.54, 1.807) is 0 Å². The zero-order valence-electron chi connectivity index (χ0n) is 12.0. The Labute approximate surface area is 118 Å². The summed E-state index contributed by atoms with van der Waals surface area (Å²) in [6.07, 6.45) is 16.0. The number of hydrogen-bond donors (Lipinski definition) is 1. The highest BCUT2D eigenvalue weighted by molar-refractivity contribution is 6.62. The number of halogens is 1. The number of unbranched alkanes of at least 4 members (excludes halogenated alkanes) is 11. The molecule has 0 radical (unpaired) electrons. The van der Waals surface area contributed by atoms with Gasteiger partial charge in [0.2, 0.25) is 0 Å². The molecule has 0 bridgehead atoms. The maximum absolute atomic E-state index is 10.4. The fourth-order valence-corrected chi connectivity index (χ4v) is 2.25. The molecule has 108 valence electrons. The van der Waals surface area contributed by atoms with Gasteiger partial charge in [-0.25, -0.2) is 0 Å². The van der Waals surface area contributed by atoms with E-state index in [0.717, 1.165) is 13.0 Å². The highest BCUT2D eigenvalue weighted by atomic mass is 35.5. The van der Waals surface area contributed by atoms with Gasteiger partial charge in [-0.15, -0.1) is 0 Å². The van der Waals surface area contributed by atoms with E-state index in [9.17, 15) is 4.79 Å². The van der Waals surface area contributed by atoms with E-state index < -0.39 is 5.37 Å². The molecule has 0 aromatic rings. The molecule has 0 rings (SSSR count). The molecule has 0 saturated heterocycles. The van der Waals surface area contributed by atoms with Gasteiger partial charge in [0, 0.05) is 6.54 Å². The van der Waals surface area contributed by atoms with Crippen LogP contribution in [0.4, 0.5) is 4.79 Å². The van der Waals surface area contributed by atoms with E-state index >= 15 is 0 Å². The van der Waals surface area contributed by atoms with Crippen LogP contribution in [-0.2, 0) is 0 Å². The standard InChI is InChI=1S/C15H30ClNO/c1-2-3-4-5-6-7-8-9-10-11-12-13-14-17-15(16)18/h2-14H2,1H3,(H,17,18). The molecule has 0 fully saturated rings. The lowest BCUT2D eigenvalue weighted by atomic mass is 10.1. The predicted molar refractivity (Wildman–Crippen MR) is 80.3 cm³/mol. The molecule has 0 aliphatic heterocycles. The molecule has 0 saturated carbocycles. The van der Waals surface area contributed by atoms with Crippen molar-refractivity contribution in [2.24, 2.45) is 0 Å². The third-order valence-corrected chi connectivity index (χ3v) is 3.43. The van der Waals surface area contributed by atoms with Crippen molar-refractivity contribution in [3.05, 3.63) is 0 Å². The first-order chi connectivity index (χ1) is 8.77. The number of hydrogen-bond acceptors (Lipinski definition) is 1. The van der Waals surface area contributed by atoms with Crippen LogP contribution in [0.25, 0.3) is 0 Å². The van der Waals surface area contributed by atoms with E-state index in [4.69, 9.17) is 11.6 Å². The van der Waals surface area contributed by atoms with Crippen molar-refractivity contribution in [1.82, 2.24) is 5.32 Å². The topological polar surface area (TPSA) is 29.1 Å². The summed E-state index contributed by atoms with van der Waals surface area (Å²) >= 11 is 5.17. The fraction of sp³-hybridized carbons (Fsp3) is 0.933. The summed E-state index contributed by atoms with van der Waals surface area (Å²) in [7, 11) is 0. The second kappa shape index (κ2) is 14.8. The SMILES string of the molecule is CCCCCCCCCCCCCCNC(=O)Cl. The summed E-state index contributed by atoms with van der Waals surface area (Å²) in [5.41, 5.74) is 0. The van der Waals surface area contributed by atoms with Gasteiger partial charge in [-0.2, -0.15) is 0 Å². The molecular weight excluding hydrogens is 246 g/mol. The van der Waals surface area contributed by atoms with E-state index in [2.05, 4.69) is 12.2 Å². The van der Waals surface area contributed by atoms with Gasteiger partial charge in [0.15, 0.2) is 0 Å². The monoisotopic (exact) mass is 275 g/mol. The third kappa shape index (κ3) is 15.8. The van der Waals surface area contributed by atoms with Gasteiger partial charge in [0.25, 0.3) is 0 Å². The average molecular weight is 276 g/mol. The molecule has 0 aromatic heterocycles. The molecule has 1 N–H and O–H groups in total. The molecule has 18 heavy (non-hydrogen) atoms. The Hall–Kier alpha value is -0.240. The van der Waals surface area contributed by atoms with Crippen LogP contribution in [0.15, 0.2) is 0 Å². The molecule has 0 heterocycles. The minimum atomic E-state index is -0.432. The third-order valence-electron chi connectivity index (χ3n) is 3.29. The minimum absolute atomic E-state index is 0.432. The number of carbonyl (C=O) groups is 1. The Morgan fingerprint density at radius 3 is 1.56 bits per heavy atom. The van der Waals surface area contributed by atoms with Crippen molar-refractivity contribution in [3.8, 4) is 0 Å². The summed E-state index contributed by atoms with van der Waals surface area (Å²) in [4.78, 5) is 10.4. The Bertz CT molecular complexity index is 185. The second-order valence-corrected chi connectivity index (χ2v) is 5.43. The van der Waals surface area contributed by atoms with Crippen molar-refractivity contribution in [1.29, 1.82) is 0 Å². The first-order valence-corrected chi connectivity index (χ1v) is 8.08. The van der Waals surface area contributed by atoms with Gasteiger partial charge in [0.1, 0.15) is 0 Å².